The monoisotopic (exact) mass is 199 g/mol. The van der Waals surface area contributed by atoms with Gasteiger partial charge in [-0.15, -0.1) is 0 Å². The zero-order valence-corrected chi connectivity index (χ0v) is 9.81. The van der Waals surface area contributed by atoms with Crippen molar-refractivity contribution in [3.05, 3.63) is 35.9 Å². The van der Waals surface area contributed by atoms with E-state index in [2.05, 4.69) is 4.99 Å². The molecule has 0 aliphatic carbocycles. The van der Waals surface area contributed by atoms with E-state index in [0.717, 1.165) is 5.56 Å². The summed E-state index contributed by atoms with van der Waals surface area (Å²) in [7, 11) is 0. The molecule has 0 fully saturated rings. The number of carbonyl (C=O) groups excluding carboxylic acids is 1. The van der Waals surface area contributed by atoms with E-state index in [1.54, 1.807) is 12.1 Å². The summed E-state index contributed by atoms with van der Waals surface area (Å²) in [4.78, 5) is 14.7. The van der Waals surface area contributed by atoms with Crippen LogP contribution in [0, 0.1) is 0 Å². The van der Waals surface area contributed by atoms with Crippen LogP contribution in [0.15, 0.2) is 35.3 Å². The van der Waals surface area contributed by atoms with Crippen LogP contribution in [0.3, 0.4) is 0 Å². The van der Waals surface area contributed by atoms with Crippen LogP contribution in [-0.2, 0) is 9.53 Å². The largest absolute Gasteiger partial charge is 1.00 e. The molecule has 1 aliphatic heterocycles. The van der Waals surface area contributed by atoms with E-state index in [1.165, 1.54) is 0 Å². The Morgan fingerprint density at radius 3 is 2.43 bits per heavy atom. The number of carbonyl (C=O) groups is 1. The van der Waals surface area contributed by atoms with E-state index in [9.17, 15) is 4.79 Å². The molecule has 0 radical (unpaired) electrons. The summed E-state index contributed by atoms with van der Waals surface area (Å²) in [6.45, 7) is 0. The third kappa shape index (κ3) is 2.15. The van der Waals surface area contributed by atoms with Gasteiger partial charge in [0.2, 0.25) is 6.10 Å². The van der Waals surface area contributed by atoms with Crippen molar-refractivity contribution in [2.45, 2.75) is 6.10 Å². The molecule has 2 rings (SSSR count). The topological polar surface area (TPSA) is 64.7 Å². The zero-order valence-electron chi connectivity index (χ0n) is 7.81. The number of ether oxygens (including phenoxy) is 1. The third-order valence-electron chi connectivity index (χ3n) is 1.79. The van der Waals surface area contributed by atoms with Crippen LogP contribution in [0.5, 0.6) is 0 Å². The summed E-state index contributed by atoms with van der Waals surface area (Å²) in [5, 5.41) is 0. The van der Waals surface area contributed by atoms with Crippen LogP contribution in [0.4, 0.5) is 0 Å². The van der Waals surface area contributed by atoms with Crippen LogP contribution in [0.25, 0.3) is 0 Å². The summed E-state index contributed by atoms with van der Waals surface area (Å²) in [6, 6.07) is 9.08. The molecule has 0 saturated carbocycles. The van der Waals surface area contributed by atoms with Gasteiger partial charge in [-0.2, -0.15) is 4.99 Å². The number of rotatable bonds is 1. The molecule has 1 amide bonds. The zero-order chi connectivity index (χ0) is 9.26. The maximum Gasteiger partial charge on any atom is 1.00 e. The minimum Gasteiger partial charge on any atom is -0.447 e. The molecule has 0 saturated heterocycles. The van der Waals surface area contributed by atoms with E-state index in [1.807, 2.05) is 18.2 Å². The average molecular weight is 199 g/mol. The summed E-state index contributed by atoms with van der Waals surface area (Å²) in [5.41, 5.74) is 6.03. The first-order valence-corrected chi connectivity index (χ1v) is 3.87. The Hall–Kier alpha value is -0.840. The molecular weight excluding hydrogens is 191 g/mol. The van der Waals surface area contributed by atoms with Gasteiger partial charge in [-0.1, -0.05) is 30.3 Å². The number of amides is 1. The van der Waals surface area contributed by atoms with Gasteiger partial charge in [-0.3, -0.25) is 4.79 Å². The first-order valence-electron chi connectivity index (χ1n) is 3.87. The number of hydrogen-bond donors (Lipinski definition) is 1. The molecule has 4 nitrogen and oxygen atoms in total. The van der Waals surface area contributed by atoms with Gasteiger partial charge in [0.05, 0.1) is 0 Å². The van der Waals surface area contributed by atoms with Crippen LogP contribution >= 0.6 is 0 Å². The molecule has 5 heteroatoms. The number of aliphatic imine (C=N–C) groups is 1. The second-order valence-corrected chi connectivity index (χ2v) is 2.70. The number of hydrogen-bond acceptors (Lipinski definition) is 3. The van der Waals surface area contributed by atoms with Crippen molar-refractivity contribution in [3.63, 3.8) is 0 Å². The predicted octanol–water partition coefficient (Wildman–Crippen LogP) is -2.40. The van der Waals surface area contributed by atoms with E-state index in [-0.39, 0.29) is 41.5 Å². The van der Waals surface area contributed by atoms with Crippen LogP contribution in [0.2, 0.25) is 0 Å². The van der Waals surface area contributed by atoms with Gasteiger partial charge in [0, 0.05) is 5.56 Å². The van der Waals surface area contributed by atoms with E-state index in [4.69, 9.17) is 10.5 Å². The number of nitrogens with zero attached hydrogens (tertiary/aromatic N) is 1. The van der Waals surface area contributed by atoms with Crippen LogP contribution < -0.4 is 35.3 Å². The van der Waals surface area contributed by atoms with Gasteiger partial charge < -0.3 is 10.5 Å². The number of nitrogens with two attached hydrogens (primary N) is 1. The molecule has 0 aromatic heterocycles. The quantitative estimate of drug-likeness (QED) is 0.513. The fourth-order valence-corrected chi connectivity index (χ4v) is 1.20. The first kappa shape index (κ1) is 11.2. The Labute approximate surface area is 103 Å². The molecule has 0 bridgehead atoms. The van der Waals surface area contributed by atoms with Crippen molar-refractivity contribution in [1.82, 2.24) is 0 Å². The van der Waals surface area contributed by atoms with Crippen molar-refractivity contribution in [2.75, 3.05) is 0 Å². The SMILES string of the molecule is NC1=NC(=O)C(c2ccccc2)O1.[Na+]. The van der Waals surface area contributed by atoms with E-state index < -0.39 is 6.10 Å². The fourth-order valence-electron chi connectivity index (χ4n) is 1.20. The second kappa shape index (κ2) is 4.59. The third-order valence-corrected chi connectivity index (χ3v) is 1.79. The summed E-state index contributed by atoms with van der Waals surface area (Å²) in [5.74, 6) is -0.344. The van der Waals surface area contributed by atoms with Gasteiger partial charge >= 0.3 is 29.6 Å². The maximum absolute atomic E-state index is 11.2. The molecule has 1 atom stereocenters. The van der Waals surface area contributed by atoms with Gasteiger partial charge in [-0.25, -0.2) is 0 Å². The van der Waals surface area contributed by atoms with Crippen LogP contribution in [-0.4, -0.2) is 11.9 Å². The Balaban J connectivity index is 0.000000980. The van der Waals surface area contributed by atoms with Gasteiger partial charge in [0.25, 0.3) is 11.9 Å². The fraction of sp³-hybridized carbons (Fsp3) is 0.111. The molecule has 1 aromatic carbocycles. The van der Waals surface area contributed by atoms with Crippen molar-refractivity contribution >= 4 is 11.9 Å². The molecule has 14 heavy (non-hydrogen) atoms. The van der Waals surface area contributed by atoms with Crippen molar-refractivity contribution in [3.8, 4) is 0 Å². The van der Waals surface area contributed by atoms with E-state index >= 15 is 0 Å². The summed E-state index contributed by atoms with van der Waals surface area (Å²) in [6.07, 6.45) is -0.652. The second-order valence-electron chi connectivity index (χ2n) is 2.70. The van der Waals surface area contributed by atoms with Gasteiger partial charge in [-0.05, 0) is 0 Å². The minimum atomic E-state index is -0.652. The molecule has 66 valence electrons. The Morgan fingerprint density at radius 1 is 1.29 bits per heavy atom. The first-order chi connectivity index (χ1) is 6.27. The molecule has 0 spiro atoms. The Bertz CT molecular complexity index is 364. The van der Waals surface area contributed by atoms with Crippen molar-refractivity contribution in [2.24, 2.45) is 10.7 Å². The molecule has 1 aliphatic rings. The standard InChI is InChI=1S/C9H8N2O2.Na/c10-9-11-8(12)7(13-9)6-4-2-1-3-5-6;/h1-5,7H,(H2,10,11,12);/q;+1. The predicted molar refractivity (Wildman–Crippen MR) is 46.9 cm³/mol. The smallest absolute Gasteiger partial charge is 0.447 e. The Kier molecular flexibility index (Phi) is 3.69. The minimum absolute atomic E-state index is 0. The van der Waals surface area contributed by atoms with E-state index in [0.29, 0.717) is 0 Å². The average Bonchev–Trinajstić information content (AvgIpc) is 2.47. The summed E-state index contributed by atoms with van der Waals surface area (Å²) < 4.78 is 5.04. The Morgan fingerprint density at radius 2 is 1.93 bits per heavy atom. The molecular formula is C9H8N2NaO2+. The van der Waals surface area contributed by atoms with Gasteiger partial charge in [0.15, 0.2) is 0 Å². The summed E-state index contributed by atoms with van der Waals surface area (Å²) >= 11 is 0. The van der Waals surface area contributed by atoms with Crippen LogP contribution in [0.1, 0.15) is 11.7 Å². The molecule has 1 heterocycles. The van der Waals surface area contributed by atoms with Crippen molar-refractivity contribution < 1.29 is 39.1 Å². The molecule has 1 unspecified atom stereocenters. The van der Waals surface area contributed by atoms with Gasteiger partial charge in [0.1, 0.15) is 0 Å². The van der Waals surface area contributed by atoms with Crippen molar-refractivity contribution in [1.29, 1.82) is 0 Å². The number of benzene rings is 1. The maximum atomic E-state index is 11.2. The molecule has 2 N–H and O–H groups in total. The normalized spacial score (nSPS) is 19.6. The number of amidine groups is 1. The molecule has 1 aromatic rings.